The van der Waals surface area contributed by atoms with Gasteiger partial charge in [0, 0.05) is 5.56 Å². The molecule has 25 heavy (non-hydrogen) atoms. The molecule has 1 saturated heterocycles. The van der Waals surface area contributed by atoms with Crippen LogP contribution in [-0.2, 0) is 9.31 Å². The van der Waals surface area contributed by atoms with Gasteiger partial charge in [0.25, 0.3) is 5.91 Å². The summed E-state index contributed by atoms with van der Waals surface area (Å²) in [6, 6.07) is 15.9. The maximum atomic E-state index is 12.3. The van der Waals surface area contributed by atoms with Crippen LogP contribution >= 0.6 is 0 Å². The van der Waals surface area contributed by atoms with Gasteiger partial charge in [-0.2, -0.15) is 0 Å². The van der Waals surface area contributed by atoms with Crippen LogP contribution in [0.15, 0.2) is 53.5 Å². The Morgan fingerprint density at radius 3 is 2.12 bits per heavy atom. The largest absolute Gasteiger partial charge is 0.515 e. The molecule has 2 heterocycles. The van der Waals surface area contributed by atoms with Crippen molar-refractivity contribution in [3.63, 3.8) is 0 Å². The van der Waals surface area contributed by atoms with E-state index in [2.05, 4.69) is 4.99 Å². The minimum absolute atomic E-state index is 0.237. The van der Waals surface area contributed by atoms with Crippen molar-refractivity contribution in [1.82, 2.24) is 0 Å². The van der Waals surface area contributed by atoms with Crippen LogP contribution in [0.1, 0.15) is 43.6 Å². The molecule has 0 saturated carbocycles. The fourth-order valence-electron chi connectivity index (χ4n) is 3.12. The lowest BCUT2D eigenvalue weighted by Gasteiger charge is -2.32. The number of fused-ring (bicyclic) bond motifs is 1. The third-order valence-corrected chi connectivity index (χ3v) is 5.33. The molecule has 1 amide bonds. The van der Waals surface area contributed by atoms with Crippen molar-refractivity contribution in [2.24, 2.45) is 4.99 Å². The summed E-state index contributed by atoms with van der Waals surface area (Å²) in [6.07, 6.45) is 0. The SMILES string of the molecule is CC1(C)OB(C2=NC(=O)c3ccc(-c4ccccc4)cc32)OC1(C)C. The first-order valence-electron chi connectivity index (χ1n) is 8.47. The smallest absolute Gasteiger partial charge is 0.398 e. The monoisotopic (exact) mass is 333 g/mol. The Morgan fingerprint density at radius 1 is 0.840 bits per heavy atom. The summed E-state index contributed by atoms with van der Waals surface area (Å²) in [5.74, 6) is -0.237. The van der Waals surface area contributed by atoms with Crippen LogP contribution in [0.2, 0.25) is 0 Å². The molecular formula is C20H20BNO3. The molecule has 1 fully saturated rings. The fraction of sp³-hybridized carbons (Fsp3) is 0.300. The predicted molar refractivity (Wildman–Crippen MR) is 98.8 cm³/mol. The van der Waals surface area contributed by atoms with E-state index in [9.17, 15) is 4.79 Å². The molecule has 126 valence electrons. The summed E-state index contributed by atoms with van der Waals surface area (Å²) in [5.41, 5.74) is 3.16. The second kappa shape index (κ2) is 5.38. The van der Waals surface area contributed by atoms with Gasteiger partial charge in [0.1, 0.15) is 0 Å². The van der Waals surface area contributed by atoms with E-state index >= 15 is 0 Å². The van der Waals surface area contributed by atoms with Gasteiger partial charge in [-0.1, -0.05) is 36.4 Å². The molecule has 0 atom stereocenters. The highest BCUT2D eigenvalue weighted by Gasteiger charge is 2.54. The van der Waals surface area contributed by atoms with E-state index in [1.165, 1.54) is 0 Å². The molecule has 2 aromatic carbocycles. The zero-order chi connectivity index (χ0) is 17.8. The Morgan fingerprint density at radius 2 is 1.48 bits per heavy atom. The van der Waals surface area contributed by atoms with Crippen LogP contribution in [0.5, 0.6) is 0 Å². The highest BCUT2D eigenvalue weighted by Crippen LogP contribution is 2.39. The van der Waals surface area contributed by atoms with E-state index < -0.39 is 18.3 Å². The van der Waals surface area contributed by atoms with Crippen LogP contribution in [0, 0.1) is 0 Å². The van der Waals surface area contributed by atoms with Crippen LogP contribution in [0.3, 0.4) is 0 Å². The van der Waals surface area contributed by atoms with E-state index in [0.717, 1.165) is 16.7 Å². The normalized spacial score (nSPS) is 20.6. The minimum atomic E-state index is -0.638. The maximum Gasteiger partial charge on any atom is 0.515 e. The highest BCUT2D eigenvalue weighted by molar-refractivity contribution is 6.87. The molecule has 2 aliphatic heterocycles. The number of nitrogens with zero attached hydrogens (tertiary/aromatic N) is 1. The third-order valence-electron chi connectivity index (χ3n) is 5.33. The van der Waals surface area contributed by atoms with Gasteiger partial charge in [-0.25, -0.2) is 4.99 Å². The van der Waals surface area contributed by atoms with E-state index in [1.54, 1.807) is 0 Å². The Balaban J connectivity index is 1.75. The van der Waals surface area contributed by atoms with Crippen molar-refractivity contribution in [2.75, 3.05) is 0 Å². The highest BCUT2D eigenvalue weighted by atomic mass is 16.7. The number of rotatable bonds is 2. The molecule has 4 rings (SSSR count). The summed E-state index contributed by atoms with van der Waals surface area (Å²) in [4.78, 5) is 16.5. The molecule has 2 aliphatic rings. The number of hydrogen-bond acceptors (Lipinski definition) is 3. The molecule has 0 unspecified atom stereocenters. The molecule has 0 aromatic heterocycles. The van der Waals surface area contributed by atoms with Crippen molar-refractivity contribution in [3.8, 4) is 11.1 Å². The molecule has 0 aliphatic carbocycles. The standard InChI is InChI=1S/C20H20BNO3/c1-19(2)20(3,4)25-21(24-19)17-16-12-14(13-8-6-5-7-9-13)10-11-15(16)18(23)22-17/h5-12H,1-4H3. The molecule has 0 radical (unpaired) electrons. The van der Waals surface area contributed by atoms with Gasteiger partial charge in [-0.15, -0.1) is 0 Å². The molecule has 0 spiro atoms. The number of carbonyl (C=O) groups is 1. The zero-order valence-corrected chi connectivity index (χ0v) is 14.9. The fourth-order valence-corrected chi connectivity index (χ4v) is 3.12. The zero-order valence-electron chi connectivity index (χ0n) is 14.9. The van der Waals surface area contributed by atoms with Crippen molar-refractivity contribution in [3.05, 3.63) is 59.7 Å². The summed E-state index contributed by atoms with van der Waals surface area (Å²) < 4.78 is 12.2. The van der Waals surface area contributed by atoms with Gasteiger partial charge in [-0.05, 0) is 51.0 Å². The molecular weight excluding hydrogens is 313 g/mol. The molecule has 0 N–H and O–H groups in total. The Kier molecular flexibility index (Phi) is 3.50. The van der Waals surface area contributed by atoms with Gasteiger partial charge in [0.05, 0.1) is 22.4 Å². The lowest BCUT2D eigenvalue weighted by Crippen LogP contribution is -2.41. The average Bonchev–Trinajstić information content (AvgIpc) is 3.01. The second-order valence-electron chi connectivity index (χ2n) is 7.52. The quantitative estimate of drug-likeness (QED) is 0.783. The lowest BCUT2D eigenvalue weighted by molar-refractivity contribution is 0.00578. The second-order valence-corrected chi connectivity index (χ2v) is 7.52. The number of aliphatic imine (C=N–C) groups is 1. The van der Waals surface area contributed by atoms with Crippen LogP contribution in [-0.4, -0.2) is 29.8 Å². The first-order valence-corrected chi connectivity index (χ1v) is 8.47. The van der Waals surface area contributed by atoms with Gasteiger partial charge < -0.3 is 9.31 Å². The number of hydrogen-bond donors (Lipinski definition) is 0. The molecule has 5 heteroatoms. The Labute approximate surface area is 148 Å². The summed E-state index contributed by atoms with van der Waals surface area (Å²) in [7, 11) is -0.638. The number of benzene rings is 2. The molecule has 4 nitrogen and oxygen atoms in total. The van der Waals surface area contributed by atoms with Gasteiger partial charge in [0.15, 0.2) is 0 Å². The first-order chi connectivity index (χ1) is 11.8. The average molecular weight is 333 g/mol. The van der Waals surface area contributed by atoms with Crippen LogP contribution < -0.4 is 0 Å². The van der Waals surface area contributed by atoms with E-state index in [1.807, 2.05) is 76.2 Å². The van der Waals surface area contributed by atoms with Crippen molar-refractivity contribution in [2.45, 2.75) is 38.9 Å². The van der Waals surface area contributed by atoms with Crippen molar-refractivity contribution < 1.29 is 14.1 Å². The van der Waals surface area contributed by atoms with Crippen LogP contribution in [0.25, 0.3) is 11.1 Å². The van der Waals surface area contributed by atoms with Gasteiger partial charge in [0.2, 0.25) is 0 Å². The Bertz CT molecular complexity index is 871. The third kappa shape index (κ3) is 2.55. The molecule has 0 bridgehead atoms. The van der Waals surface area contributed by atoms with Gasteiger partial charge >= 0.3 is 7.12 Å². The summed E-state index contributed by atoms with van der Waals surface area (Å²) >= 11 is 0. The van der Waals surface area contributed by atoms with Gasteiger partial charge in [-0.3, -0.25) is 4.79 Å². The van der Waals surface area contributed by atoms with Crippen molar-refractivity contribution in [1.29, 1.82) is 0 Å². The number of amides is 1. The summed E-state index contributed by atoms with van der Waals surface area (Å²) in [5, 5.41) is 0. The first kappa shape index (κ1) is 16.2. The maximum absolute atomic E-state index is 12.3. The minimum Gasteiger partial charge on any atom is -0.398 e. The van der Waals surface area contributed by atoms with Crippen LogP contribution in [0.4, 0.5) is 0 Å². The number of carbonyl (C=O) groups excluding carboxylic acids is 1. The molecule has 2 aromatic rings. The van der Waals surface area contributed by atoms with E-state index in [-0.39, 0.29) is 5.91 Å². The predicted octanol–water partition coefficient (Wildman–Crippen LogP) is 3.93. The van der Waals surface area contributed by atoms with Crippen molar-refractivity contribution >= 4 is 18.6 Å². The Hall–Kier alpha value is -2.24. The topological polar surface area (TPSA) is 47.9 Å². The summed E-state index contributed by atoms with van der Waals surface area (Å²) in [6.45, 7) is 7.97. The lowest BCUT2D eigenvalue weighted by atomic mass is 9.77. The van der Waals surface area contributed by atoms with E-state index in [0.29, 0.717) is 11.2 Å². The van der Waals surface area contributed by atoms with E-state index in [4.69, 9.17) is 9.31 Å².